The smallest absolute Gasteiger partial charge is 0.0103 e. The molecule has 102 valence electrons. The predicted molar refractivity (Wildman–Crippen MR) is 74.5 cm³/mol. The summed E-state index contributed by atoms with van der Waals surface area (Å²) in [5.74, 6) is 4.42. The molecule has 0 spiro atoms. The number of fused-ring (bicyclic) bond motifs is 5. The molecule has 1 heterocycles. The minimum absolute atomic E-state index is 0.824. The van der Waals surface area contributed by atoms with E-state index in [1.165, 1.54) is 38.8 Å². The molecule has 5 unspecified atom stereocenters. The molecule has 2 nitrogen and oxygen atoms in total. The summed E-state index contributed by atoms with van der Waals surface area (Å²) in [4.78, 5) is 2.48. The SMILES string of the molecule is CN1CCC(NC2CC3CC2C2CCCC32)CC1. The predicted octanol–water partition coefficient (Wildman–Crippen LogP) is 2.49. The average Bonchev–Trinajstić information content (AvgIpc) is 3.03. The molecular weight excluding hydrogens is 220 g/mol. The van der Waals surface area contributed by atoms with Crippen molar-refractivity contribution < 1.29 is 0 Å². The van der Waals surface area contributed by atoms with Crippen molar-refractivity contribution in [3.63, 3.8) is 0 Å². The monoisotopic (exact) mass is 248 g/mol. The molecular formula is C16H28N2. The fourth-order valence-corrected chi connectivity index (χ4v) is 5.74. The van der Waals surface area contributed by atoms with Crippen molar-refractivity contribution in [3.8, 4) is 0 Å². The Kier molecular flexibility index (Phi) is 2.92. The zero-order chi connectivity index (χ0) is 12.1. The molecule has 3 saturated carbocycles. The topological polar surface area (TPSA) is 15.3 Å². The Balaban J connectivity index is 1.37. The summed E-state index contributed by atoms with van der Waals surface area (Å²) < 4.78 is 0. The van der Waals surface area contributed by atoms with Crippen LogP contribution >= 0.6 is 0 Å². The quantitative estimate of drug-likeness (QED) is 0.808. The van der Waals surface area contributed by atoms with Gasteiger partial charge in [-0.15, -0.1) is 0 Å². The van der Waals surface area contributed by atoms with Crippen LogP contribution in [0.1, 0.15) is 44.9 Å². The summed E-state index contributed by atoms with van der Waals surface area (Å²) in [6.45, 7) is 2.59. The van der Waals surface area contributed by atoms with Crippen LogP contribution < -0.4 is 5.32 Å². The van der Waals surface area contributed by atoms with Crippen LogP contribution in [0, 0.1) is 23.7 Å². The van der Waals surface area contributed by atoms with E-state index in [2.05, 4.69) is 17.3 Å². The van der Waals surface area contributed by atoms with Gasteiger partial charge in [-0.25, -0.2) is 0 Å². The van der Waals surface area contributed by atoms with Gasteiger partial charge in [0.2, 0.25) is 0 Å². The van der Waals surface area contributed by atoms with Crippen LogP contribution in [0.4, 0.5) is 0 Å². The van der Waals surface area contributed by atoms with Gasteiger partial charge < -0.3 is 10.2 Å². The van der Waals surface area contributed by atoms with Gasteiger partial charge in [0.05, 0.1) is 0 Å². The Morgan fingerprint density at radius 1 is 0.889 bits per heavy atom. The molecule has 0 aromatic heterocycles. The summed E-state index contributed by atoms with van der Waals surface area (Å²) in [5.41, 5.74) is 0. The average molecular weight is 248 g/mol. The van der Waals surface area contributed by atoms with Gasteiger partial charge in [0.25, 0.3) is 0 Å². The molecule has 4 fully saturated rings. The first-order valence-corrected chi connectivity index (χ1v) is 8.26. The van der Waals surface area contributed by atoms with Crippen LogP contribution in [0.2, 0.25) is 0 Å². The molecule has 5 atom stereocenters. The van der Waals surface area contributed by atoms with E-state index in [1.54, 1.807) is 19.3 Å². The fraction of sp³-hybridized carbons (Fsp3) is 1.00. The standard InChI is InChI=1S/C16H28N2/c1-18-7-5-12(6-8-18)17-16-10-11-9-15(16)14-4-2-3-13(11)14/h11-17H,2-10H2,1H3. The van der Waals surface area contributed by atoms with Crippen molar-refractivity contribution in [2.24, 2.45) is 23.7 Å². The van der Waals surface area contributed by atoms with Crippen LogP contribution in [0.5, 0.6) is 0 Å². The third-order valence-corrected chi connectivity index (χ3v) is 6.60. The second kappa shape index (κ2) is 4.49. The summed E-state index contributed by atoms with van der Waals surface area (Å²) in [7, 11) is 2.26. The Hall–Kier alpha value is -0.0800. The van der Waals surface area contributed by atoms with Gasteiger partial charge in [-0.1, -0.05) is 6.42 Å². The highest BCUT2D eigenvalue weighted by molar-refractivity contribution is 5.06. The summed E-state index contributed by atoms with van der Waals surface area (Å²) >= 11 is 0. The minimum Gasteiger partial charge on any atom is -0.311 e. The van der Waals surface area contributed by atoms with Crippen LogP contribution in [-0.2, 0) is 0 Å². The Bertz CT molecular complexity index is 308. The molecule has 1 aliphatic heterocycles. The van der Waals surface area contributed by atoms with Crippen molar-refractivity contribution in [2.45, 2.75) is 57.0 Å². The highest BCUT2D eigenvalue weighted by atomic mass is 15.1. The van der Waals surface area contributed by atoms with Crippen molar-refractivity contribution >= 4 is 0 Å². The summed E-state index contributed by atoms with van der Waals surface area (Å²) in [6, 6.07) is 1.72. The van der Waals surface area contributed by atoms with Gasteiger partial charge in [-0.05, 0) is 82.3 Å². The molecule has 2 bridgehead atoms. The lowest BCUT2D eigenvalue weighted by atomic mass is 9.78. The zero-order valence-electron chi connectivity index (χ0n) is 11.8. The second-order valence-electron chi connectivity index (χ2n) is 7.50. The van der Waals surface area contributed by atoms with E-state index < -0.39 is 0 Å². The van der Waals surface area contributed by atoms with E-state index in [-0.39, 0.29) is 0 Å². The number of hydrogen-bond acceptors (Lipinski definition) is 2. The van der Waals surface area contributed by atoms with Crippen LogP contribution in [-0.4, -0.2) is 37.1 Å². The van der Waals surface area contributed by atoms with Crippen molar-refractivity contribution in [3.05, 3.63) is 0 Å². The Morgan fingerprint density at radius 3 is 2.50 bits per heavy atom. The fourth-order valence-electron chi connectivity index (χ4n) is 5.74. The van der Waals surface area contributed by atoms with Crippen LogP contribution in [0.15, 0.2) is 0 Å². The maximum absolute atomic E-state index is 4.06. The molecule has 0 amide bonds. The van der Waals surface area contributed by atoms with Gasteiger partial charge in [-0.2, -0.15) is 0 Å². The maximum Gasteiger partial charge on any atom is 0.0103 e. The second-order valence-corrected chi connectivity index (χ2v) is 7.50. The lowest BCUT2D eigenvalue weighted by Gasteiger charge is -2.37. The van der Waals surface area contributed by atoms with E-state index in [9.17, 15) is 0 Å². The number of hydrogen-bond donors (Lipinski definition) is 1. The van der Waals surface area contributed by atoms with E-state index in [0.29, 0.717) is 0 Å². The first-order valence-electron chi connectivity index (χ1n) is 8.26. The molecule has 4 aliphatic rings. The summed E-state index contributed by atoms with van der Waals surface area (Å²) in [5, 5.41) is 4.06. The van der Waals surface area contributed by atoms with Crippen molar-refractivity contribution in [1.82, 2.24) is 10.2 Å². The molecule has 0 aromatic rings. The molecule has 4 rings (SSSR count). The van der Waals surface area contributed by atoms with E-state index in [4.69, 9.17) is 0 Å². The zero-order valence-corrected chi connectivity index (χ0v) is 11.8. The first kappa shape index (κ1) is 11.7. The normalized spacial score (nSPS) is 48.8. The van der Waals surface area contributed by atoms with Gasteiger partial charge in [0.1, 0.15) is 0 Å². The summed E-state index contributed by atoms with van der Waals surface area (Å²) in [6.07, 6.45) is 10.5. The first-order chi connectivity index (χ1) is 8.81. The molecule has 18 heavy (non-hydrogen) atoms. The lowest BCUT2D eigenvalue weighted by Crippen LogP contribution is -2.48. The van der Waals surface area contributed by atoms with Crippen LogP contribution in [0.3, 0.4) is 0 Å². The number of piperidine rings is 1. The van der Waals surface area contributed by atoms with Crippen molar-refractivity contribution in [1.29, 1.82) is 0 Å². The van der Waals surface area contributed by atoms with Crippen molar-refractivity contribution in [2.75, 3.05) is 20.1 Å². The third kappa shape index (κ3) is 1.84. The van der Waals surface area contributed by atoms with Gasteiger partial charge in [0, 0.05) is 12.1 Å². The molecule has 1 N–H and O–H groups in total. The van der Waals surface area contributed by atoms with Gasteiger partial charge >= 0.3 is 0 Å². The highest BCUT2D eigenvalue weighted by Gasteiger charge is 2.53. The number of nitrogens with zero attached hydrogens (tertiary/aromatic N) is 1. The highest BCUT2D eigenvalue weighted by Crippen LogP contribution is 2.58. The molecule has 0 aromatic carbocycles. The molecule has 3 aliphatic carbocycles. The minimum atomic E-state index is 0.824. The van der Waals surface area contributed by atoms with E-state index in [1.807, 2.05) is 0 Å². The Morgan fingerprint density at radius 2 is 1.67 bits per heavy atom. The van der Waals surface area contributed by atoms with Gasteiger partial charge in [0.15, 0.2) is 0 Å². The van der Waals surface area contributed by atoms with E-state index in [0.717, 1.165) is 35.8 Å². The maximum atomic E-state index is 4.06. The third-order valence-electron chi connectivity index (χ3n) is 6.60. The number of rotatable bonds is 2. The molecule has 2 heteroatoms. The number of nitrogens with one attached hydrogen (secondary N) is 1. The molecule has 0 radical (unpaired) electrons. The lowest BCUT2D eigenvalue weighted by molar-refractivity contribution is 0.169. The Labute approximate surface area is 111 Å². The van der Waals surface area contributed by atoms with Crippen LogP contribution in [0.25, 0.3) is 0 Å². The number of likely N-dealkylation sites (tertiary alicyclic amines) is 1. The van der Waals surface area contributed by atoms with E-state index >= 15 is 0 Å². The molecule has 1 saturated heterocycles. The van der Waals surface area contributed by atoms with Gasteiger partial charge in [-0.3, -0.25) is 0 Å². The largest absolute Gasteiger partial charge is 0.311 e.